The summed E-state index contributed by atoms with van der Waals surface area (Å²) in [5.74, 6) is 2.82. The van der Waals surface area contributed by atoms with Gasteiger partial charge in [0, 0.05) is 31.4 Å². The van der Waals surface area contributed by atoms with Crippen molar-refractivity contribution in [2.45, 2.75) is 46.6 Å². The molecule has 1 fully saturated rings. The number of pyridine rings is 1. The van der Waals surface area contributed by atoms with Gasteiger partial charge in [-0.2, -0.15) is 4.98 Å². The van der Waals surface area contributed by atoms with Crippen molar-refractivity contribution in [1.29, 1.82) is 0 Å². The standard InChI is InChI=1S/C22H29N5O/c1-14(2)13-23-18-7-9-27(10-8-18)22-19(21-24-16(4)28-26-21)12-17-11-15(3)5-6-20(17)25-22/h5-6,11-12,14,18,23H,7-10,13H2,1-4H3. The minimum atomic E-state index is 0.571. The number of anilines is 1. The molecule has 1 aliphatic heterocycles. The van der Waals surface area contributed by atoms with E-state index >= 15 is 0 Å². The predicted molar refractivity (Wildman–Crippen MR) is 113 cm³/mol. The molecule has 148 valence electrons. The van der Waals surface area contributed by atoms with E-state index in [-0.39, 0.29) is 0 Å². The molecule has 0 amide bonds. The number of hydrogen-bond acceptors (Lipinski definition) is 6. The number of aromatic nitrogens is 3. The minimum Gasteiger partial charge on any atom is -0.356 e. The summed E-state index contributed by atoms with van der Waals surface area (Å²) in [5, 5.41) is 8.97. The molecule has 4 rings (SSSR count). The second-order valence-corrected chi connectivity index (χ2v) is 8.26. The highest BCUT2D eigenvalue weighted by Crippen LogP contribution is 2.32. The highest BCUT2D eigenvalue weighted by molar-refractivity contribution is 5.88. The van der Waals surface area contributed by atoms with Gasteiger partial charge in [0.15, 0.2) is 0 Å². The average Bonchev–Trinajstić information content (AvgIpc) is 3.12. The first kappa shape index (κ1) is 18.9. The van der Waals surface area contributed by atoms with E-state index in [4.69, 9.17) is 9.51 Å². The van der Waals surface area contributed by atoms with Crippen LogP contribution in [0.15, 0.2) is 28.8 Å². The summed E-state index contributed by atoms with van der Waals surface area (Å²) in [6.45, 7) is 11.4. The van der Waals surface area contributed by atoms with Gasteiger partial charge in [0.25, 0.3) is 0 Å². The Hall–Kier alpha value is -2.47. The molecule has 0 radical (unpaired) electrons. The lowest BCUT2D eigenvalue weighted by atomic mass is 10.0. The van der Waals surface area contributed by atoms with Gasteiger partial charge >= 0.3 is 0 Å². The SMILES string of the molecule is Cc1ccc2nc(N3CCC(NCC(C)C)CC3)c(-c3noc(C)n3)cc2c1. The van der Waals surface area contributed by atoms with Crippen LogP contribution in [0.2, 0.25) is 0 Å². The summed E-state index contributed by atoms with van der Waals surface area (Å²) in [4.78, 5) is 11.9. The Kier molecular flexibility index (Phi) is 5.31. The van der Waals surface area contributed by atoms with E-state index < -0.39 is 0 Å². The first-order valence-corrected chi connectivity index (χ1v) is 10.2. The molecular formula is C22H29N5O. The molecule has 2 aromatic heterocycles. The second-order valence-electron chi connectivity index (χ2n) is 8.26. The van der Waals surface area contributed by atoms with Crippen LogP contribution in [0.5, 0.6) is 0 Å². The lowest BCUT2D eigenvalue weighted by Crippen LogP contribution is -2.44. The van der Waals surface area contributed by atoms with Gasteiger partial charge < -0.3 is 14.7 Å². The Bertz CT molecular complexity index is 957. The Balaban J connectivity index is 1.65. The second kappa shape index (κ2) is 7.87. The van der Waals surface area contributed by atoms with Crippen LogP contribution in [0, 0.1) is 19.8 Å². The van der Waals surface area contributed by atoms with E-state index in [0.29, 0.717) is 23.7 Å². The Morgan fingerprint density at radius 3 is 2.61 bits per heavy atom. The van der Waals surface area contributed by atoms with Crippen LogP contribution < -0.4 is 10.2 Å². The first-order chi connectivity index (χ1) is 13.5. The molecule has 1 N–H and O–H groups in total. The smallest absolute Gasteiger partial charge is 0.223 e. The third-order valence-electron chi connectivity index (χ3n) is 5.33. The van der Waals surface area contributed by atoms with Gasteiger partial charge in [0.05, 0.1) is 11.1 Å². The zero-order valence-electron chi connectivity index (χ0n) is 17.2. The molecule has 0 saturated carbocycles. The molecule has 1 aromatic carbocycles. The summed E-state index contributed by atoms with van der Waals surface area (Å²) in [6, 6.07) is 9.09. The first-order valence-electron chi connectivity index (χ1n) is 10.2. The quantitative estimate of drug-likeness (QED) is 0.719. The maximum atomic E-state index is 5.25. The Morgan fingerprint density at radius 2 is 1.93 bits per heavy atom. The molecular weight excluding hydrogens is 350 g/mol. The number of piperidine rings is 1. The summed E-state index contributed by atoms with van der Waals surface area (Å²) in [6.07, 6.45) is 2.23. The van der Waals surface area contributed by atoms with E-state index in [0.717, 1.165) is 54.8 Å². The largest absolute Gasteiger partial charge is 0.356 e. The van der Waals surface area contributed by atoms with Crippen molar-refractivity contribution in [3.8, 4) is 11.4 Å². The predicted octanol–water partition coefficient (Wildman–Crippen LogP) is 4.12. The number of rotatable bonds is 5. The fraction of sp³-hybridized carbons (Fsp3) is 0.500. The highest BCUT2D eigenvalue weighted by atomic mass is 16.5. The Morgan fingerprint density at radius 1 is 1.14 bits per heavy atom. The summed E-state index contributed by atoms with van der Waals surface area (Å²) >= 11 is 0. The topological polar surface area (TPSA) is 67.1 Å². The van der Waals surface area contributed by atoms with E-state index in [1.165, 1.54) is 5.56 Å². The van der Waals surface area contributed by atoms with Gasteiger partial charge in [0.2, 0.25) is 11.7 Å². The van der Waals surface area contributed by atoms with Crippen LogP contribution in [-0.2, 0) is 0 Å². The monoisotopic (exact) mass is 379 g/mol. The third-order valence-corrected chi connectivity index (χ3v) is 5.33. The zero-order chi connectivity index (χ0) is 19.7. The zero-order valence-corrected chi connectivity index (χ0v) is 17.2. The molecule has 0 spiro atoms. The van der Waals surface area contributed by atoms with Gasteiger partial charge in [-0.3, -0.25) is 0 Å². The van der Waals surface area contributed by atoms with Crippen LogP contribution in [-0.4, -0.2) is 40.8 Å². The lowest BCUT2D eigenvalue weighted by molar-refractivity contribution is 0.391. The van der Waals surface area contributed by atoms with Gasteiger partial charge in [-0.15, -0.1) is 0 Å². The molecule has 1 saturated heterocycles. The normalized spacial score (nSPS) is 15.7. The number of aryl methyl sites for hydroxylation is 2. The molecule has 6 heteroatoms. The summed E-state index contributed by atoms with van der Waals surface area (Å²) in [7, 11) is 0. The minimum absolute atomic E-state index is 0.571. The summed E-state index contributed by atoms with van der Waals surface area (Å²) in [5.41, 5.74) is 3.17. The van der Waals surface area contributed by atoms with Crippen molar-refractivity contribution >= 4 is 16.7 Å². The summed E-state index contributed by atoms with van der Waals surface area (Å²) < 4.78 is 5.25. The van der Waals surface area contributed by atoms with Crippen molar-refractivity contribution in [3.05, 3.63) is 35.7 Å². The molecule has 1 aliphatic rings. The molecule has 3 aromatic rings. The van der Waals surface area contributed by atoms with Gasteiger partial charge in [-0.25, -0.2) is 4.98 Å². The number of nitrogens with zero attached hydrogens (tertiary/aromatic N) is 4. The molecule has 0 bridgehead atoms. The van der Waals surface area contributed by atoms with Crippen molar-refractivity contribution in [2.75, 3.05) is 24.5 Å². The van der Waals surface area contributed by atoms with Gasteiger partial charge in [-0.1, -0.05) is 30.6 Å². The fourth-order valence-electron chi connectivity index (χ4n) is 3.80. The molecule has 6 nitrogen and oxygen atoms in total. The maximum absolute atomic E-state index is 5.25. The number of nitrogens with one attached hydrogen (secondary N) is 1. The van der Waals surface area contributed by atoms with Crippen LogP contribution in [0.3, 0.4) is 0 Å². The highest BCUT2D eigenvalue weighted by Gasteiger charge is 2.24. The molecule has 0 unspecified atom stereocenters. The van der Waals surface area contributed by atoms with E-state index in [2.05, 4.69) is 65.4 Å². The van der Waals surface area contributed by atoms with Gasteiger partial charge in [0.1, 0.15) is 5.82 Å². The van der Waals surface area contributed by atoms with Crippen LogP contribution in [0.4, 0.5) is 5.82 Å². The van der Waals surface area contributed by atoms with E-state index in [9.17, 15) is 0 Å². The maximum Gasteiger partial charge on any atom is 0.223 e. The average molecular weight is 380 g/mol. The lowest BCUT2D eigenvalue weighted by Gasteiger charge is -2.34. The molecule has 0 atom stereocenters. The molecule has 28 heavy (non-hydrogen) atoms. The third kappa shape index (κ3) is 4.02. The Labute approximate surface area is 166 Å². The number of hydrogen-bond donors (Lipinski definition) is 1. The number of fused-ring (bicyclic) bond motifs is 1. The van der Waals surface area contributed by atoms with Gasteiger partial charge in [-0.05, 0) is 50.4 Å². The fourth-order valence-corrected chi connectivity index (χ4v) is 3.80. The van der Waals surface area contributed by atoms with Crippen LogP contribution in [0.25, 0.3) is 22.3 Å². The molecule has 0 aliphatic carbocycles. The van der Waals surface area contributed by atoms with Crippen molar-refractivity contribution in [1.82, 2.24) is 20.4 Å². The van der Waals surface area contributed by atoms with E-state index in [1.807, 2.05) is 6.92 Å². The van der Waals surface area contributed by atoms with Crippen molar-refractivity contribution < 1.29 is 4.52 Å². The van der Waals surface area contributed by atoms with Crippen LogP contribution >= 0.6 is 0 Å². The van der Waals surface area contributed by atoms with Crippen molar-refractivity contribution in [3.63, 3.8) is 0 Å². The van der Waals surface area contributed by atoms with Crippen LogP contribution in [0.1, 0.15) is 38.1 Å². The van der Waals surface area contributed by atoms with Crippen molar-refractivity contribution in [2.24, 2.45) is 5.92 Å². The molecule has 3 heterocycles. The van der Waals surface area contributed by atoms with E-state index in [1.54, 1.807) is 0 Å². The number of benzene rings is 1.